The molecule has 1 aromatic heterocycles. The Bertz CT molecular complexity index is 275. The van der Waals surface area contributed by atoms with E-state index in [1.165, 1.54) is 0 Å². The van der Waals surface area contributed by atoms with E-state index in [0.29, 0.717) is 13.2 Å². The number of rotatable bonds is 6. The molecule has 0 saturated carbocycles. The van der Waals surface area contributed by atoms with Crippen molar-refractivity contribution in [1.82, 2.24) is 9.78 Å². The van der Waals surface area contributed by atoms with Crippen molar-refractivity contribution in [1.29, 1.82) is 0 Å². The first-order valence-electron chi connectivity index (χ1n) is 4.68. The SMILES string of the molecule is COCCn1ncc(Cl)c1CCCN. The molecule has 1 aromatic rings. The maximum Gasteiger partial charge on any atom is 0.0817 e. The van der Waals surface area contributed by atoms with Crippen LogP contribution in [0.2, 0.25) is 5.02 Å². The summed E-state index contributed by atoms with van der Waals surface area (Å²) in [5.74, 6) is 0. The van der Waals surface area contributed by atoms with Gasteiger partial charge in [-0.2, -0.15) is 5.10 Å². The number of aromatic nitrogens is 2. The van der Waals surface area contributed by atoms with Crippen LogP contribution < -0.4 is 5.73 Å². The van der Waals surface area contributed by atoms with Crippen LogP contribution in [-0.4, -0.2) is 30.0 Å². The van der Waals surface area contributed by atoms with Gasteiger partial charge in [-0.1, -0.05) is 11.6 Å². The fourth-order valence-electron chi connectivity index (χ4n) is 1.28. The van der Waals surface area contributed by atoms with Gasteiger partial charge in [-0.3, -0.25) is 4.68 Å². The molecule has 1 rings (SSSR count). The molecule has 0 aliphatic carbocycles. The molecule has 1 heterocycles. The third-order valence-corrected chi connectivity index (χ3v) is 2.34. The largest absolute Gasteiger partial charge is 0.383 e. The molecule has 0 spiro atoms. The van der Waals surface area contributed by atoms with Crippen LogP contribution in [0.1, 0.15) is 12.1 Å². The van der Waals surface area contributed by atoms with Crippen molar-refractivity contribution in [2.24, 2.45) is 5.73 Å². The second kappa shape index (κ2) is 6.01. The van der Waals surface area contributed by atoms with Gasteiger partial charge >= 0.3 is 0 Å². The lowest BCUT2D eigenvalue weighted by molar-refractivity contribution is 0.182. The monoisotopic (exact) mass is 217 g/mol. The van der Waals surface area contributed by atoms with Gasteiger partial charge < -0.3 is 10.5 Å². The van der Waals surface area contributed by atoms with E-state index in [1.54, 1.807) is 13.3 Å². The van der Waals surface area contributed by atoms with Crippen molar-refractivity contribution in [3.05, 3.63) is 16.9 Å². The zero-order chi connectivity index (χ0) is 10.4. The highest BCUT2D eigenvalue weighted by molar-refractivity contribution is 6.31. The molecule has 4 nitrogen and oxygen atoms in total. The average Bonchev–Trinajstić information content (AvgIpc) is 2.53. The van der Waals surface area contributed by atoms with Gasteiger partial charge in [0.2, 0.25) is 0 Å². The van der Waals surface area contributed by atoms with Crippen LogP contribution in [0.25, 0.3) is 0 Å². The molecule has 0 atom stereocenters. The molecule has 0 aliphatic rings. The highest BCUT2D eigenvalue weighted by Gasteiger charge is 2.07. The predicted molar refractivity (Wildman–Crippen MR) is 56.5 cm³/mol. The minimum Gasteiger partial charge on any atom is -0.383 e. The lowest BCUT2D eigenvalue weighted by Crippen LogP contribution is -2.11. The minimum absolute atomic E-state index is 0.646. The fraction of sp³-hybridized carbons (Fsp3) is 0.667. The van der Waals surface area contributed by atoms with Gasteiger partial charge in [0.25, 0.3) is 0 Å². The van der Waals surface area contributed by atoms with Gasteiger partial charge in [-0.05, 0) is 19.4 Å². The zero-order valence-electron chi connectivity index (χ0n) is 8.37. The molecular formula is C9H16ClN3O. The fourth-order valence-corrected chi connectivity index (χ4v) is 1.51. The van der Waals surface area contributed by atoms with E-state index in [-0.39, 0.29) is 0 Å². The molecule has 14 heavy (non-hydrogen) atoms. The van der Waals surface area contributed by atoms with Crippen molar-refractivity contribution < 1.29 is 4.74 Å². The zero-order valence-corrected chi connectivity index (χ0v) is 9.13. The maximum atomic E-state index is 5.99. The van der Waals surface area contributed by atoms with E-state index in [4.69, 9.17) is 22.1 Å². The molecule has 0 unspecified atom stereocenters. The number of halogens is 1. The third-order valence-electron chi connectivity index (χ3n) is 2.02. The Kier molecular flexibility index (Phi) is 4.93. The molecule has 0 aliphatic heterocycles. The molecule has 2 N–H and O–H groups in total. The van der Waals surface area contributed by atoms with Crippen LogP contribution in [0.15, 0.2) is 6.20 Å². The molecule has 0 amide bonds. The molecule has 0 radical (unpaired) electrons. The van der Waals surface area contributed by atoms with Crippen LogP contribution in [0.5, 0.6) is 0 Å². The summed E-state index contributed by atoms with van der Waals surface area (Å²) in [6, 6.07) is 0. The second-order valence-corrected chi connectivity index (χ2v) is 3.45. The summed E-state index contributed by atoms with van der Waals surface area (Å²) >= 11 is 5.99. The summed E-state index contributed by atoms with van der Waals surface area (Å²) in [4.78, 5) is 0. The number of nitrogens with zero attached hydrogens (tertiary/aromatic N) is 2. The van der Waals surface area contributed by atoms with Crippen LogP contribution in [0.3, 0.4) is 0 Å². The van der Waals surface area contributed by atoms with Crippen LogP contribution in [0.4, 0.5) is 0 Å². The van der Waals surface area contributed by atoms with E-state index in [9.17, 15) is 0 Å². The van der Waals surface area contributed by atoms with Crippen LogP contribution >= 0.6 is 11.6 Å². The Balaban J connectivity index is 2.62. The Morgan fingerprint density at radius 3 is 3.07 bits per heavy atom. The van der Waals surface area contributed by atoms with Crippen molar-refractivity contribution in [2.75, 3.05) is 20.3 Å². The van der Waals surface area contributed by atoms with Gasteiger partial charge in [0, 0.05) is 7.11 Å². The molecule has 5 heteroatoms. The smallest absolute Gasteiger partial charge is 0.0817 e. The first kappa shape index (κ1) is 11.5. The molecular weight excluding hydrogens is 202 g/mol. The Morgan fingerprint density at radius 1 is 1.64 bits per heavy atom. The van der Waals surface area contributed by atoms with Gasteiger partial charge in [0.05, 0.1) is 30.1 Å². The second-order valence-electron chi connectivity index (χ2n) is 3.05. The topological polar surface area (TPSA) is 53.1 Å². The molecule has 0 saturated heterocycles. The van der Waals surface area contributed by atoms with Crippen molar-refractivity contribution >= 4 is 11.6 Å². The Labute approximate surface area is 89.0 Å². The number of hydrogen-bond donors (Lipinski definition) is 1. The highest BCUT2D eigenvalue weighted by Crippen LogP contribution is 2.16. The van der Waals surface area contributed by atoms with Gasteiger partial charge in [-0.15, -0.1) is 0 Å². The number of ether oxygens (including phenoxy) is 1. The summed E-state index contributed by atoms with van der Waals surface area (Å²) in [7, 11) is 1.67. The lowest BCUT2D eigenvalue weighted by Gasteiger charge is -2.06. The van der Waals surface area contributed by atoms with Crippen LogP contribution in [-0.2, 0) is 17.7 Å². The number of hydrogen-bond acceptors (Lipinski definition) is 3. The van der Waals surface area contributed by atoms with E-state index >= 15 is 0 Å². The Hall–Kier alpha value is -0.580. The van der Waals surface area contributed by atoms with E-state index in [0.717, 1.165) is 30.1 Å². The van der Waals surface area contributed by atoms with Crippen LogP contribution in [0, 0.1) is 0 Å². The summed E-state index contributed by atoms with van der Waals surface area (Å²) < 4.78 is 6.86. The van der Waals surface area contributed by atoms with E-state index < -0.39 is 0 Å². The molecule has 0 fully saturated rings. The quantitative estimate of drug-likeness (QED) is 0.776. The Morgan fingerprint density at radius 2 is 2.43 bits per heavy atom. The molecule has 80 valence electrons. The number of methoxy groups -OCH3 is 1. The number of nitrogens with two attached hydrogens (primary N) is 1. The average molecular weight is 218 g/mol. The normalized spacial score (nSPS) is 10.8. The van der Waals surface area contributed by atoms with E-state index in [2.05, 4.69) is 5.10 Å². The molecule has 0 aromatic carbocycles. The first-order chi connectivity index (χ1) is 6.79. The summed E-state index contributed by atoms with van der Waals surface area (Å²) in [5, 5.41) is 4.89. The molecule has 0 bridgehead atoms. The highest BCUT2D eigenvalue weighted by atomic mass is 35.5. The predicted octanol–water partition coefficient (Wildman–Crippen LogP) is 1.07. The summed E-state index contributed by atoms with van der Waals surface area (Å²) in [5.41, 5.74) is 6.50. The lowest BCUT2D eigenvalue weighted by atomic mass is 10.2. The summed E-state index contributed by atoms with van der Waals surface area (Å²) in [6.07, 6.45) is 3.47. The van der Waals surface area contributed by atoms with Crippen molar-refractivity contribution in [2.45, 2.75) is 19.4 Å². The third kappa shape index (κ3) is 2.97. The van der Waals surface area contributed by atoms with Gasteiger partial charge in [0.1, 0.15) is 0 Å². The van der Waals surface area contributed by atoms with Crippen molar-refractivity contribution in [3.8, 4) is 0 Å². The standard InChI is InChI=1S/C9H16ClN3O/c1-14-6-5-13-9(3-2-4-11)8(10)7-12-13/h7H,2-6,11H2,1H3. The summed E-state index contributed by atoms with van der Waals surface area (Å²) in [6.45, 7) is 2.06. The van der Waals surface area contributed by atoms with E-state index in [1.807, 2.05) is 4.68 Å². The maximum absolute atomic E-state index is 5.99. The van der Waals surface area contributed by atoms with Gasteiger partial charge in [-0.25, -0.2) is 0 Å². The van der Waals surface area contributed by atoms with Crippen molar-refractivity contribution in [3.63, 3.8) is 0 Å². The van der Waals surface area contributed by atoms with Gasteiger partial charge in [0.15, 0.2) is 0 Å². The first-order valence-corrected chi connectivity index (χ1v) is 5.06. The minimum atomic E-state index is 0.646.